The van der Waals surface area contributed by atoms with Gasteiger partial charge >= 0.3 is 0 Å². The van der Waals surface area contributed by atoms with Gasteiger partial charge in [0.25, 0.3) is 0 Å². The van der Waals surface area contributed by atoms with Crippen molar-refractivity contribution in [2.45, 2.75) is 19.8 Å². The molecule has 0 unspecified atom stereocenters. The monoisotopic (exact) mass is 386 g/mol. The Morgan fingerprint density at radius 1 is 1.07 bits per heavy atom. The number of hydrazone groups is 1. The molecular weight excluding hydrogens is 364 g/mol. The van der Waals surface area contributed by atoms with E-state index in [2.05, 4.69) is 15.8 Å². The van der Waals surface area contributed by atoms with Crippen molar-refractivity contribution in [2.75, 3.05) is 24.3 Å². The third-order valence-electron chi connectivity index (χ3n) is 3.85. The average molecular weight is 387 g/mol. The third kappa shape index (κ3) is 6.75. The number of nitrogens with one attached hydrogen (secondary N) is 2. The van der Waals surface area contributed by atoms with Crippen molar-refractivity contribution < 1.29 is 9.59 Å². The highest BCUT2D eigenvalue weighted by Crippen LogP contribution is 2.20. The Morgan fingerprint density at radius 2 is 1.74 bits per heavy atom. The molecule has 0 heterocycles. The Bertz CT molecular complexity index is 832. The molecule has 0 aliphatic heterocycles. The standard InChI is InChI=1S/C20H23ClN4O2/c1-14-4-7-16(12-18(14)21)23-19(26)10-11-20(27)24-22-13-15-5-8-17(9-6-15)25(2)3/h4-9,12-13H,10-11H2,1-3H3,(H,23,26)(H,24,27). The highest BCUT2D eigenvalue weighted by atomic mass is 35.5. The summed E-state index contributed by atoms with van der Waals surface area (Å²) in [7, 11) is 3.93. The minimum absolute atomic E-state index is 0.0440. The number of halogens is 1. The molecule has 142 valence electrons. The van der Waals surface area contributed by atoms with Crippen LogP contribution < -0.4 is 15.6 Å². The number of anilines is 2. The number of carbonyl (C=O) groups is 2. The summed E-state index contributed by atoms with van der Waals surface area (Å²) in [6.45, 7) is 1.88. The van der Waals surface area contributed by atoms with Crippen LogP contribution in [0, 0.1) is 6.92 Å². The quantitative estimate of drug-likeness (QED) is 0.564. The van der Waals surface area contributed by atoms with Crippen molar-refractivity contribution in [3.8, 4) is 0 Å². The first-order valence-electron chi connectivity index (χ1n) is 8.50. The van der Waals surface area contributed by atoms with Crippen molar-refractivity contribution in [2.24, 2.45) is 5.10 Å². The maximum Gasteiger partial charge on any atom is 0.240 e. The van der Waals surface area contributed by atoms with Crippen LogP contribution >= 0.6 is 11.6 Å². The van der Waals surface area contributed by atoms with Crippen LogP contribution in [0.4, 0.5) is 11.4 Å². The normalized spacial score (nSPS) is 10.7. The van der Waals surface area contributed by atoms with Crippen LogP contribution in [0.1, 0.15) is 24.0 Å². The van der Waals surface area contributed by atoms with E-state index in [0.29, 0.717) is 10.7 Å². The van der Waals surface area contributed by atoms with Crippen molar-refractivity contribution in [3.63, 3.8) is 0 Å². The summed E-state index contributed by atoms with van der Waals surface area (Å²) in [5.41, 5.74) is 5.91. The molecule has 0 radical (unpaired) electrons. The van der Waals surface area contributed by atoms with Gasteiger partial charge in [-0.15, -0.1) is 0 Å². The number of amides is 2. The Balaban J connectivity index is 1.75. The number of benzene rings is 2. The summed E-state index contributed by atoms with van der Waals surface area (Å²) < 4.78 is 0. The fourth-order valence-electron chi connectivity index (χ4n) is 2.21. The first-order valence-corrected chi connectivity index (χ1v) is 8.88. The van der Waals surface area contributed by atoms with Gasteiger partial charge in [0.2, 0.25) is 11.8 Å². The minimum Gasteiger partial charge on any atom is -0.378 e. The first-order chi connectivity index (χ1) is 12.8. The maximum absolute atomic E-state index is 11.9. The fraction of sp³-hybridized carbons (Fsp3) is 0.250. The molecule has 7 heteroatoms. The Kier molecular flexibility index (Phi) is 7.37. The van der Waals surface area contributed by atoms with E-state index in [-0.39, 0.29) is 24.7 Å². The number of rotatable bonds is 7. The number of hydrogen-bond acceptors (Lipinski definition) is 4. The Labute approximate surface area is 164 Å². The van der Waals surface area contributed by atoms with Gasteiger partial charge < -0.3 is 10.2 Å². The van der Waals surface area contributed by atoms with Crippen molar-refractivity contribution in [1.82, 2.24) is 5.43 Å². The van der Waals surface area contributed by atoms with Gasteiger partial charge in [0.15, 0.2) is 0 Å². The number of nitrogens with zero attached hydrogens (tertiary/aromatic N) is 2. The van der Waals surface area contributed by atoms with Gasteiger partial charge in [-0.3, -0.25) is 9.59 Å². The number of carbonyl (C=O) groups excluding carboxylic acids is 2. The van der Waals surface area contributed by atoms with Gasteiger partial charge in [0, 0.05) is 43.3 Å². The second-order valence-corrected chi connectivity index (χ2v) is 6.70. The van der Waals surface area contributed by atoms with Crippen molar-refractivity contribution in [1.29, 1.82) is 0 Å². The number of aryl methyl sites for hydroxylation is 1. The zero-order chi connectivity index (χ0) is 19.8. The molecule has 2 N–H and O–H groups in total. The highest BCUT2D eigenvalue weighted by molar-refractivity contribution is 6.31. The minimum atomic E-state index is -0.326. The lowest BCUT2D eigenvalue weighted by atomic mass is 10.2. The summed E-state index contributed by atoms with van der Waals surface area (Å²) in [6.07, 6.45) is 1.67. The van der Waals surface area contributed by atoms with Gasteiger partial charge in [0.1, 0.15) is 0 Å². The molecule has 0 fully saturated rings. The zero-order valence-corrected chi connectivity index (χ0v) is 16.4. The summed E-state index contributed by atoms with van der Waals surface area (Å²) in [6, 6.07) is 13.0. The van der Waals surface area contributed by atoms with Gasteiger partial charge in [-0.2, -0.15) is 5.10 Å². The summed E-state index contributed by atoms with van der Waals surface area (Å²) in [4.78, 5) is 25.7. The molecule has 27 heavy (non-hydrogen) atoms. The molecule has 0 bridgehead atoms. The molecule has 6 nitrogen and oxygen atoms in total. The van der Waals surface area contributed by atoms with Gasteiger partial charge in [-0.05, 0) is 42.3 Å². The molecular formula is C20H23ClN4O2. The van der Waals surface area contributed by atoms with Crippen LogP contribution in [0.15, 0.2) is 47.6 Å². The summed E-state index contributed by atoms with van der Waals surface area (Å²) in [5, 5.41) is 7.21. The maximum atomic E-state index is 11.9. The molecule has 0 spiro atoms. The molecule has 2 rings (SSSR count). The summed E-state index contributed by atoms with van der Waals surface area (Å²) >= 11 is 6.02. The Hall–Kier alpha value is -2.86. The summed E-state index contributed by atoms with van der Waals surface area (Å²) in [5.74, 6) is -0.582. The fourth-order valence-corrected chi connectivity index (χ4v) is 2.39. The molecule has 0 aliphatic carbocycles. The van der Waals surface area contributed by atoms with E-state index >= 15 is 0 Å². The Morgan fingerprint density at radius 3 is 2.37 bits per heavy atom. The topological polar surface area (TPSA) is 73.8 Å². The van der Waals surface area contributed by atoms with E-state index in [9.17, 15) is 9.59 Å². The van der Waals surface area contributed by atoms with Crippen LogP contribution in [0.3, 0.4) is 0 Å². The highest BCUT2D eigenvalue weighted by Gasteiger charge is 2.07. The average Bonchev–Trinajstić information content (AvgIpc) is 2.63. The molecule has 2 aromatic rings. The molecule has 0 saturated heterocycles. The second-order valence-electron chi connectivity index (χ2n) is 6.29. The van der Waals surface area contributed by atoms with E-state index in [4.69, 9.17) is 11.6 Å². The van der Waals surface area contributed by atoms with Gasteiger partial charge in [0.05, 0.1) is 6.21 Å². The lowest BCUT2D eigenvalue weighted by Crippen LogP contribution is -2.20. The van der Waals surface area contributed by atoms with Gasteiger partial charge in [-0.25, -0.2) is 5.43 Å². The van der Waals surface area contributed by atoms with Crippen LogP contribution in [0.25, 0.3) is 0 Å². The van der Waals surface area contributed by atoms with Crippen molar-refractivity contribution in [3.05, 3.63) is 58.6 Å². The van der Waals surface area contributed by atoms with E-state index in [1.165, 1.54) is 0 Å². The van der Waals surface area contributed by atoms with Crippen LogP contribution in [0.5, 0.6) is 0 Å². The van der Waals surface area contributed by atoms with Crippen molar-refractivity contribution >= 4 is 41.0 Å². The van der Waals surface area contributed by atoms with E-state index in [1.54, 1.807) is 18.3 Å². The predicted molar refractivity (Wildman–Crippen MR) is 111 cm³/mol. The molecule has 0 aromatic heterocycles. The van der Waals surface area contributed by atoms with Crippen LogP contribution in [0.2, 0.25) is 5.02 Å². The smallest absolute Gasteiger partial charge is 0.240 e. The molecule has 2 aromatic carbocycles. The van der Waals surface area contributed by atoms with E-state index in [1.807, 2.05) is 56.3 Å². The van der Waals surface area contributed by atoms with Gasteiger partial charge in [-0.1, -0.05) is 29.8 Å². The first kappa shape index (κ1) is 20.5. The third-order valence-corrected chi connectivity index (χ3v) is 4.25. The lowest BCUT2D eigenvalue weighted by molar-refractivity contribution is -0.124. The largest absolute Gasteiger partial charge is 0.378 e. The zero-order valence-electron chi connectivity index (χ0n) is 15.6. The van der Waals surface area contributed by atoms with Crippen LogP contribution in [-0.4, -0.2) is 32.1 Å². The molecule has 0 atom stereocenters. The number of hydrogen-bond donors (Lipinski definition) is 2. The van der Waals surface area contributed by atoms with Crippen LogP contribution in [-0.2, 0) is 9.59 Å². The van der Waals surface area contributed by atoms with E-state index in [0.717, 1.165) is 16.8 Å². The lowest BCUT2D eigenvalue weighted by Gasteiger charge is -2.11. The molecule has 0 aliphatic rings. The molecule has 0 saturated carbocycles. The molecule has 2 amide bonds. The SMILES string of the molecule is Cc1ccc(NC(=O)CCC(=O)NN=Cc2ccc(N(C)C)cc2)cc1Cl. The van der Waals surface area contributed by atoms with E-state index < -0.39 is 0 Å². The predicted octanol–water partition coefficient (Wildman–Crippen LogP) is 3.58. The second kappa shape index (κ2) is 9.73.